The number of carbonyl (C=O) groups is 1. The van der Waals surface area contributed by atoms with E-state index in [1.54, 1.807) is 6.07 Å². The van der Waals surface area contributed by atoms with Gasteiger partial charge >= 0.3 is 0 Å². The minimum atomic E-state index is -0.738. The zero-order chi connectivity index (χ0) is 13.7. The molecule has 0 spiro atoms. The van der Waals surface area contributed by atoms with Gasteiger partial charge < -0.3 is 19.7 Å². The summed E-state index contributed by atoms with van der Waals surface area (Å²) in [6.07, 6.45) is -0.738. The number of amides is 1. The van der Waals surface area contributed by atoms with E-state index in [-0.39, 0.29) is 24.8 Å². The maximum atomic E-state index is 11.8. The average molecular weight is 282 g/mol. The van der Waals surface area contributed by atoms with E-state index in [0.29, 0.717) is 5.76 Å². The molecule has 1 amide bonds. The average Bonchev–Trinajstić information content (AvgIpc) is 3.06. The van der Waals surface area contributed by atoms with E-state index in [2.05, 4.69) is 10.5 Å². The molecule has 1 unspecified atom stereocenters. The van der Waals surface area contributed by atoms with Gasteiger partial charge in [-0.15, -0.1) is 11.3 Å². The lowest BCUT2D eigenvalue weighted by Crippen LogP contribution is -2.34. The Morgan fingerprint density at radius 2 is 2.53 bits per heavy atom. The van der Waals surface area contributed by atoms with Crippen molar-refractivity contribution < 1.29 is 19.2 Å². The Hall–Kier alpha value is -1.70. The maximum absolute atomic E-state index is 11.8. The molecule has 0 fully saturated rings. The van der Waals surface area contributed by atoms with Crippen LogP contribution in [0.2, 0.25) is 0 Å². The van der Waals surface area contributed by atoms with Crippen molar-refractivity contribution in [2.75, 3.05) is 20.3 Å². The number of nitrogens with one attached hydrogen (secondary N) is 1. The summed E-state index contributed by atoms with van der Waals surface area (Å²) in [5, 5.41) is 17.6. The predicted molar refractivity (Wildman–Crippen MR) is 70.0 cm³/mol. The molecule has 0 aliphatic carbocycles. The van der Waals surface area contributed by atoms with Crippen molar-refractivity contribution in [1.29, 1.82) is 0 Å². The number of nitrogens with zero attached hydrogens (tertiary/aromatic N) is 1. The maximum Gasteiger partial charge on any atom is 0.273 e. The van der Waals surface area contributed by atoms with Crippen LogP contribution >= 0.6 is 11.3 Å². The second-order valence-electron chi connectivity index (χ2n) is 3.87. The molecule has 0 bridgehead atoms. The largest absolute Gasteiger partial charge is 0.389 e. The number of hydrogen-bond donors (Lipinski definition) is 2. The van der Waals surface area contributed by atoms with Crippen molar-refractivity contribution in [2.24, 2.45) is 0 Å². The summed E-state index contributed by atoms with van der Waals surface area (Å²) >= 11 is 1.50. The van der Waals surface area contributed by atoms with E-state index in [1.807, 2.05) is 17.5 Å². The molecule has 0 aliphatic rings. The molecule has 2 rings (SSSR count). The molecule has 2 N–H and O–H groups in total. The molecule has 19 heavy (non-hydrogen) atoms. The summed E-state index contributed by atoms with van der Waals surface area (Å²) in [5.41, 5.74) is 0.188. The van der Waals surface area contributed by atoms with Crippen LogP contribution in [0.3, 0.4) is 0 Å². The van der Waals surface area contributed by atoms with E-state index in [9.17, 15) is 9.90 Å². The smallest absolute Gasteiger partial charge is 0.273 e. The third-order valence-corrected chi connectivity index (χ3v) is 3.25. The van der Waals surface area contributed by atoms with Crippen molar-refractivity contribution in [1.82, 2.24) is 10.5 Å². The van der Waals surface area contributed by atoms with Crippen molar-refractivity contribution in [3.05, 3.63) is 29.3 Å². The standard InChI is InChI=1S/C12H14N2O4S/c1-17-7-8(15)6-13-12(16)9-5-10(18-14-9)11-3-2-4-19-11/h2-5,8,15H,6-7H2,1H3,(H,13,16). The van der Waals surface area contributed by atoms with Crippen LogP contribution in [0.25, 0.3) is 10.6 Å². The summed E-state index contributed by atoms with van der Waals surface area (Å²) in [4.78, 5) is 12.7. The van der Waals surface area contributed by atoms with Crippen LogP contribution in [0.5, 0.6) is 0 Å². The molecule has 2 aromatic heterocycles. The van der Waals surface area contributed by atoms with Crippen LogP contribution in [-0.4, -0.2) is 42.5 Å². The lowest BCUT2D eigenvalue weighted by Gasteiger charge is -2.09. The van der Waals surface area contributed by atoms with Gasteiger partial charge in [0.05, 0.1) is 17.6 Å². The Bertz CT molecular complexity index is 524. The first kappa shape index (κ1) is 13.7. The van der Waals surface area contributed by atoms with E-state index in [1.165, 1.54) is 18.4 Å². The van der Waals surface area contributed by atoms with Gasteiger partial charge in [-0.3, -0.25) is 4.79 Å². The van der Waals surface area contributed by atoms with Gasteiger partial charge in [0.25, 0.3) is 5.91 Å². The first-order valence-corrected chi connectivity index (χ1v) is 6.54. The van der Waals surface area contributed by atoms with Gasteiger partial charge in [-0.1, -0.05) is 11.2 Å². The lowest BCUT2D eigenvalue weighted by molar-refractivity contribution is 0.0607. The Balaban J connectivity index is 1.93. The van der Waals surface area contributed by atoms with Crippen molar-refractivity contribution in [3.63, 3.8) is 0 Å². The van der Waals surface area contributed by atoms with E-state index in [4.69, 9.17) is 9.26 Å². The van der Waals surface area contributed by atoms with Crippen LogP contribution in [0, 0.1) is 0 Å². The van der Waals surface area contributed by atoms with Gasteiger partial charge in [0.2, 0.25) is 0 Å². The summed E-state index contributed by atoms with van der Waals surface area (Å²) in [5.74, 6) is 0.166. The highest BCUT2D eigenvalue weighted by molar-refractivity contribution is 7.13. The Kier molecular flexibility index (Phi) is 4.67. The number of hydrogen-bond acceptors (Lipinski definition) is 6. The van der Waals surface area contributed by atoms with Gasteiger partial charge in [-0.25, -0.2) is 0 Å². The number of carbonyl (C=O) groups excluding carboxylic acids is 1. The summed E-state index contributed by atoms with van der Waals surface area (Å²) in [6, 6.07) is 5.35. The second kappa shape index (κ2) is 6.46. The molecule has 0 saturated carbocycles. The number of methoxy groups -OCH3 is 1. The fraction of sp³-hybridized carbons (Fsp3) is 0.333. The van der Waals surface area contributed by atoms with Crippen LogP contribution in [0.4, 0.5) is 0 Å². The van der Waals surface area contributed by atoms with Gasteiger partial charge in [0.15, 0.2) is 11.5 Å². The quantitative estimate of drug-likeness (QED) is 0.830. The predicted octanol–water partition coefficient (Wildman–Crippen LogP) is 1.14. The number of rotatable bonds is 6. The molecule has 2 aromatic rings. The molecule has 0 aliphatic heterocycles. The fourth-order valence-electron chi connectivity index (χ4n) is 1.47. The van der Waals surface area contributed by atoms with E-state index < -0.39 is 6.10 Å². The number of thiophene rings is 1. The molecular weight excluding hydrogens is 268 g/mol. The topological polar surface area (TPSA) is 84.6 Å². The number of aliphatic hydroxyl groups excluding tert-OH is 1. The molecule has 2 heterocycles. The Morgan fingerprint density at radius 1 is 1.68 bits per heavy atom. The minimum Gasteiger partial charge on any atom is -0.389 e. The number of aliphatic hydroxyl groups is 1. The van der Waals surface area contributed by atoms with E-state index in [0.717, 1.165) is 4.88 Å². The first-order valence-electron chi connectivity index (χ1n) is 5.66. The zero-order valence-corrected chi connectivity index (χ0v) is 11.1. The molecule has 1 atom stereocenters. The minimum absolute atomic E-state index is 0.105. The van der Waals surface area contributed by atoms with Crippen molar-refractivity contribution >= 4 is 17.2 Å². The summed E-state index contributed by atoms with van der Waals surface area (Å²) < 4.78 is 9.86. The van der Waals surface area contributed by atoms with Crippen LogP contribution < -0.4 is 5.32 Å². The molecular formula is C12H14N2O4S. The molecule has 0 aromatic carbocycles. The highest BCUT2D eigenvalue weighted by Crippen LogP contribution is 2.24. The van der Waals surface area contributed by atoms with Gasteiger partial charge in [0.1, 0.15) is 0 Å². The van der Waals surface area contributed by atoms with Crippen molar-refractivity contribution in [2.45, 2.75) is 6.10 Å². The molecule has 0 saturated heterocycles. The van der Waals surface area contributed by atoms with Crippen molar-refractivity contribution in [3.8, 4) is 10.6 Å². The van der Waals surface area contributed by atoms with E-state index >= 15 is 0 Å². The third kappa shape index (κ3) is 3.63. The Labute approximate surface area is 114 Å². The SMILES string of the molecule is COCC(O)CNC(=O)c1cc(-c2cccs2)on1. The number of aromatic nitrogens is 1. The summed E-state index contributed by atoms with van der Waals surface area (Å²) in [6.45, 7) is 0.271. The third-order valence-electron chi connectivity index (χ3n) is 2.36. The molecule has 7 heteroatoms. The van der Waals surface area contributed by atoms with Crippen LogP contribution in [-0.2, 0) is 4.74 Å². The lowest BCUT2D eigenvalue weighted by atomic mass is 10.3. The highest BCUT2D eigenvalue weighted by Gasteiger charge is 2.15. The molecule has 102 valence electrons. The van der Waals surface area contributed by atoms with Gasteiger partial charge in [0, 0.05) is 19.7 Å². The second-order valence-corrected chi connectivity index (χ2v) is 4.82. The fourth-order valence-corrected chi connectivity index (χ4v) is 2.14. The van der Waals surface area contributed by atoms with Crippen LogP contribution in [0.15, 0.2) is 28.1 Å². The monoisotopic (exact) mass is 282 g/mol. The number of ether oxygens (including phenoxy) is 1. The van der Waals surface area contributed by atoms with Gasteiger partial charge in [-0.2, -0.15) is 0 Å². The van der Waals surface area contributed by atoms with Gasteiger partial charge in [-0.05, 0) is 11.4 Å². The molecule has 0 radical (unpaired) electrons. The van der Waals surface area contributed by atoms with Crippen LogP contribution in [0.1, 0.15) is 10.5 Å². The Morgan fingerprint density at radius 3 is 3.21 bits per heavy atom. The zero-order valence-electron chi connectivity index (χ0n) is 10.3. The summed E-state index contributed by atoms with van der Waals surface area (Å²) in [7, 11) is 1.48. The first-order chi connectivity index (χ1) is 9.20. The highest BCUT2D eigenvalue weighted by atomic mass is 32.1. The molecule has 6 nitrogen and oxygen atoms in total. The normalized spacial score (nSPS) is 12.3.